The molecule has 0 aliphatic carbocycles. The molecular formula is C24H23N3O5S. The Labute approximate surface area is 194 Å². The lowest BCUT2D eigenvalue weighted by atomic mass is 10.1. The Morgan fingerprint density at radius 3 is 2.45 bits per heavy atom. The number of benzene rings is 2. The molecule has 1 aliphatic heterocycles. The van der Waals surface area contributed by atoms with E-state index >= 15 is 0 Å². The van der Waals surface area contributed by atoms with Crippen molar-refractivity contribution in [3.05, 3.63) is 64.4 Å². The monoisotopic (exact) mass is 465 g/mol. The first-order valence-corrected chi connectivity index (χ1v) is 11.3. The Morgan fingerprint density at radius 2 is 1.73 bits per heavy atom. The third-order valence-electron chi connectivity index (χ3n) is 5.55. The van der Waals surface area contributed by atoms with Crippen molar-refractivity contribution in [3.8, 4) is 5.75 Å². The number of hydrogen-bond donors (Lipinski definition) is 0. The van der Waals surface area contributed by atoms with E-state index in [9.17, 15) is 19.2 Å². The van der Waals surface area contributed by atoms with Gasteiger partial charge in [-0.2, -0.15) is 0 Å². The molecule has 1 saturated heterocycles. The van der Waals surface area contributed by atoms with Crippen LogP contribution >= 0.6 is 11.3 Å². The van der Waals surface area contributed by atoms with Crippen molar-refractivity contribution in [2.45, 2.75) is 13.0 Å². The van der Waals surface area contributed by atoms with E-state index in [1.54, 1.807) is 14.2 Å². The van der Waals surface area contributed by atoms with Gasteiger partial charge in [0.1, 0.15) is 12.3 Å². The highest BCUT2D eigenvalue weighted by atomic mass is 32.1. The first kappa shape index (κ1) is 22.5. The number of urea groups is 1. The van der Waals surface area contributed by atoms with Crippen molar-refractivity contribution in [1.82, 2.24) is 14.7 Å². The van der Waals surface area contributed by atoms with Crippen molar-refractivity contribution >= 4 is 45.9 Å². The van der Waals surface area contributed by atoms with Gasteiger partial charge in [0.2, 0.25) is 5.91 Å². The molecule has 2 heterocycles. The molecule has 0 radical (unpaired) electrons. The molecule has 9 heteroatoms. The summed E-state index contributed by atoms with van der Waals surface area (Å²) < 4.78 is 5.24. The molecule has 4 rings (SSSR count). The highest BCUT2D eigenvalue weighted by Gasteiger charge is 2.45. The first-order chi connectivity index (χ1) is 15.9. The summed E-state index contributed by atoms with van der Waals surface area (Å²) >= 11 is 1.51. The lowest BCUT2D eigenvalue weighted by Gasteiger charge is -2.21. The van der Waals surface area contributed by atoms with E-state index < -0.39 is 30.3 Å². The van der Waals surface area contributed by atoms with Gasteiger partial charge in [0.05, 0.1) is 7.11 Å². The van der Waals surface area contributed by atoms with Gasteiger partial charge < -0.3 is 9.64 Å². The normalized spacial score (nSPS) is 13.8. The number of methoxy groups -OCH3 is 1. The van der Waals surface area contributed by atoms with Crippen LogP contribution in [0.5, 0.6) is 5.75 Å². The zero-order valence-corrected chi connectivity index (χ0v) is 19.1. The van der Waals surface area contributed by atoms with Crippen LogP contribution in [0.15, 0.2) is 53.9 Å². The third-order valence-corrected chi connectivity index (χ3v) is 6.48. The zero-order valence-electron chi connectivity index (χ0n) is 18.3. The van der Waals surface area contributed by atoms with Crippen molar-refractivity contribution in [3.63, 3.8) is 0 Å². The molecule has 0 bridgehead atoms. The summed E-state index contributed by atoms with van der Waals surface area (Å²) in [5, 5.41) is 3.92. The lowest BCUT2D eigenvalue weighted by molar-refractivity contribution is -0.144. The predicted octanol–water partition coefficient (Wildman–Crippen LogP) is 2.90. The number of amides is 5. The Hall–Kier alpha value is -3.72. The fourth-order valence-corrected chi connectivity index (χ4v) is 4.38. The molecule has 33 heavy (non-hydrogen) atoms. The predicted molar refractivity (Wildman–Crippen MR) is 124 cm³/mol. The average molecular weight is 466 g/mol. The number of rotatable bonds is 8. The van der Waals surface area contributed by atoms with Crippen LogP contribution in [-0.2, 0) is 27.3 Å². The molecule has 0 N–H and O–H groups in total. The summed E-state index contributed by atoms with van der Waals surface area (Å²) in [6.45, 7) is -0.0699. The molecule has 1 aromatic heterocycles. The van der Waals surface area contributed by atoms with Crippen LogP contribution in [-0.4, -0.2) is 65.7 Å². The topological polar surface area (TPSA) is 87.2 Å². The molecule has 8 nitrogen and oxygen atoms in total. The minimum absolute atomic E-state index is 0.103. The van der Waals surface area contributed by atoms with E-state index in [0.717, 1.165) is 36.8 Å². The van der Waals surface area contributed by atoms with Crippen LogP contribution in [0.2, 0.25) is 0 Å². The Morgan fingerprint density at radius 1 is 1.00 bits per heavy atom. The van der Waals surface area contributed by atoms with E-state index in [0.29, 0.717) is 13.0 Å². The first-order valence-electron chi connectivity index (χ1n) is 10.4. The highest BCUT2D eigenvalue weighted by molar-refractivity contribution is 7.09. The largest absolute Gasteiger partial charge is 0.497 e. The SMILES string of the molecule is COc1ccc2cc(CN(C)C(=O)CN3C(=O)C(=O)N(CCc4cccs4)C3=O)ccc2c1. The molecule has 1 aliphatic rings. The molecular weight excluding hydrogens is 442 g/mol. The minimum Gasteiger partial charge on any atom is -0.497 e. The molecule has 0 spiro atoms. The van der Waals surface area contributed by atoms with Crippen LogP contribution in [0.1, 0.15) is 10.4 Å². The van der Waals surface area contributed by atoms with Crippen LogP contribution < -0.4 is 4.74 Å². The maximum atomic E-state index is 12.7. The zero-order chi connectivity index (χ0) is 23.5. The molecule has 1 fully saturated rings. The third kappa shape index (κ3) is 4.73. The number of likely N-dealkylation sites (N-methyl/N-ethyl adjacent to an activating group) is 1. The molecule has 5 amide bonds. The second-order valence-corrected chi connectivity index (χ2v) is 8.79. The number of imide groups is 2. The second kappa shape index (κ2) is 9.41. The van der Waals surface area contributed by atoms with Gasteiger partial charge in [-0.25, -0.2) is 9.69 Å². The van der Waals surface area contributed by atoms with Gasteiger partial charge in [0.15, 0.2) is 0 Å². The van der Waals surface area contributed by atoms with E-state index in [2.05, 4.69) is 0 Å². The van der Waals surface area contributed by atoms with E-state index in [-0.39, 0.29) is 6.54 Å². The summed E-state index contributed by atoms with van der Waals surface area (Å²) in [7, 11) is 3.21. The van der Waals surface area contributed by atoms with Gasteiger partial charge in [-0.05, 0) is 46.0 Å². The second-order valence-electron chi connectivity index (χ2n) is 7.76. The molecule has 0 atom stereocenters. The van der Waals surface area contributed by atoms with Crippen molar-refractivity contribution in [2.24, 2.45) is 0 Å². The number of nitrogens with zero attached hydrogens (tertiary/aromatic N) is 3. The maximum absolute atomic E-state index is 12.7. The fraction of sp³-hybridized carbons (Fsp3) is 0.250. The highest BCUT2D eigenvalue weighted by Crippen LogP contribution is 2.22. The fourth-order valence-electron chi connectivity index (χ4n) is 3.68. The number of carbonyl (C=O) groups is 4. The Kier molecular flexibility index (Phi) is 6.41. The van der Waals surface area contributed by atoms with Gasteiger partial charge in [-0.1, -0.05) is 24.3 Å². The summed E-state index contributed by atoms with van der Waals surface area (Å²) in [5.74, 6) is -1.52. The minimum atomic E-state index is -0.965. The molecule has 2 aromatic carbocycles. The van der Waals surface area contributed by atoms with Crippen LogP contribution in [0.25, 0.3) is 10.8 Å². The van der Waals surface area contributed by atoms with Crippen molar-refractivity contribution in [2.75, 3.05) is 27.2 Å². The van der Waals surface area contributed by atoms with Crippen LogP contribution in [0, 0.1) is 0 Å². The smallest absolute Gasteiger partial charge is 0.334 e. The van der Waals surface area contributed by atoms with Crippen LogP contribution in [0.4, 0.5) is 4.79 Å². The quantitative estimate of drug-likeness (QED) is 0.377. The Bertz CT molecular complexity index is 1220. The van der Waals surface area contributed by atoms with Gasteiger partial charge in [0.25, 0.3) is 0 Å². The number of carbonyl (C=O) groups excluding carboxylic acids is 4. The molecule has 170 valence electrons. The van der Waals surface area contributed by atoms with E-state index in [1.807, 2.05) is 53.9 Å². The molecule has 0 unspecified atom stereocenters. The average Bonchev–Trinajstić information content (AvgIpc) is 3.40. The number of ether oxygens (including phenoxy) is 1. The summed E-state index contributed by atoms with van der Waals surface area (Å²) in [4.78, 5) is 54.1. The maximum Gasteiger partial charge on any atom is 0.334 e. The van der Waals surface area contributed by atoms with Gasteiger partial charge in [-0.15, -0.1) is 11.3 Å². The standard InChI is InChI=1S/C24H23N3O5S/c1-25(14-16-5-6-18-13-19(32-2)8-7-17(18)12-16)21(28)15-27-23(30)22(29)26(24(27)31)10-9-20-4-3-11-33-20/h3-8,11-13H,9-10,14-15H2,1-2H3. The summed E-state index contributed by atoms with van der Waals surface area (Å²) in [5.41, 5.74) is 0.899. The van der Waals surface area contributed by atoms with Crippen molar-refractivity contribution < 1.29 is 23.9 Å². The van der Waals surface area contributed by atoms with Gasteiger partial charge >= 0.3 is 17.8 Å². The molecule has 3 aromatic rings. The number of fused-ring (bicyclic) bond motifs is 1. The van der Waals surface area contributed by atoms with Crippen LogP contribution in [0.3, 0.4) is 0 Å². The summed E-state index contributed by atoms with van der Waals surface area (Å²) in [6.07, 6.45) is 0.470. The number of thiophene rings is 1. The lowest BCUT2D eigenvalue weighted by Crippen LogP contribution is -2.42. The van der Waals surface area contributed by atoms with E-state index in [4.69, 9.17) is 4.74 Å². The van der Waals surface area contributed by atoms with Gasteiger partial charge in [0, 0.05) is 31.4 Å². The van der Waals surface area contributed by atoms with Crippen molar-refractivity contribution in [1.29, 1.82) is 0 Å². The van der Waals surface area contributed by atoms with E-state index in [1.165, 1.54) is 16.2 Å². The molecule has 0 saturated carbocycles. The summed E-state index contributed by atoms with van der Waals surface area (Å²) in [6, 6.07) is 14.6. The van der Waals surface area contributed by atoms with Gasteiger partial charge in [-0.3, -0.25) is 19.3 Å². The number of hydrogen-bond acceptors (Lipinski definition) is 6. The Balaban J connectivity index is 1.38.